The molecule has 0 amide bonds. The van der Waals surface area contributed by atoms with Gasteiger partial charge in [0.1, 0.15) is 0 Å². The van der Waals surface area contributed by atoms with Crippen LogP contribution in [0.15, 0.2) is 94.5 Å². The normalized spacial score (nSPS) is 11.6. The summed E-state index contributed by atoms with van der Waals surface area (Å²) < 4.78 is 5.39. The number of hydrogen-bond donors (Lipinski definition) is 0. The molecule has 6 aromatic rings. The standard InChI is InChI=1S/C30H26N4O2/c1-3-4-17-33-29(35)27-23-16-15-21-18-24(20-11-7-5-8-12-20)32(2)25(21)19-26(23)34(28(27)31-30(33)36)22-13-9-6-10-14-22/h5-16,18-19H,3-4,17H2,1-2H3. The predicted octanol–water partition coefficient (Wildman–Crippen LogP) is 5.66. The third-order valence-corrected chi connectivity index (χ3v) is 6.95. The molecule has 3 aromatic heterocycles. The highest BCUT2D eigenvalue weighted by Gasteiger charge is 2.20. The first-order valence-corrected chi connectivity index (χ1v) is 12.3. The van der Waals surface area contributed by atoms with E-state index in [1.165, 1.54) is 4.57 Å². The fourth-order valence-corrected chi connectivity index (χ4v) is 5.09. The van der Waals surface area contributed by atoms with Gasteiger partial charge < -0.3 is 4.57 Å². The highest BCUT2D eigenvalue weighted by molar-refractivity contribution is 6.09. The second kappa shape index (κ2) is 8.64. The van der Waals surface area contributed by atoms with E-state index >= 15 is 0 Å². The van der Waals surface area contributed by atoms with Crippen LogP contribution in [0.4, 0.5) is 0 Å². The second-order valence-corrected chi connectivity index (χ2v) is 9.15. The van der Waals surface area contributed by atoms with Crippen molar-refractivity contribution >= 4 is 32.8 Å². The van der Waals surface area contributed by atoms with Crippen LogP contribution in [0.1, 0.15) is 19.8 Å². The van der Waals surface area contributed by atoms with Crippen LogP contribution in [-0.4, -0.2) is 18.7 Å². The highest BCUT2D eigenvalue weighted by atomic mass is 16.2. The zero-order chi connectivity index (χ0) is 24.8. The molecule has 0 saturated heterocycles. The van der Waals surface area contributed by atoms with Crippen LogP contribution in [-0.2, 0) is 13.6 Å². The van der Waals surface area contributed by atoms with Crippen LogP contribution in [0.5, 0.6) is 0 Å². The summed E-state index contributed by atoms with van der Waals surface area (Å²) in [5, 5.41) is 2.34. The van der Waals surface area contributed by atoms with Gasteiger partial charge in [0.05, 0.1) is 16.4 Å². The molecule has 0 N–H and O–H groups in total. The average Bonchev–Trinajstić information content (AvgIpc) is 3.30. The third-order valence-electron chi connectivity index (χ3n) is 6.95. The van der Waals surface area contributed by atoms with E-state index in [1.54, 1.807) is 0 Å². The molecule has 0 unspecified atom stereocenters. The van der Waals surface area contributed by atoms with Crippen molar-refractivity contribution in [3.05, 3.63) is 106 Å². The number of rotatable bonds is 5. The van der Waals surface area contributed by atoms with E-state index in [1.807, 2.05) is 66.1 Å². The van der Waals surface area contributed by atoms with Crippen molar-refractivity contribution < 1.29 is 0 Å². The fourth-order valence-electron chi connectivity index (χ4n) is 5.09. The van der Waals surface area contributed by atoms with Gasteiger partial charge in [0.2, 0.25) is 0 Å². The molecule has 0 radical (unpaired) electrons. The highest BCUT2D eigenvalue weighted by Crippen LogP contribution is 2.33. The van der Waals surface area contributed by atoms with Crippen molar-refractivity contribution in [3.8, 4) is 16.9 Å². The zero-order valence-corrected chi connectivity index (χ0v) is 20.3. The lowest BCUT2D eigenvalue weighted by molar-refractivity contribution is 0.589. The van der Waals surface area contributed by atoms with Crippen LogP contribution >= 0.6 is 0 Å². The van der Waals surface area contributed by atoms with E-state index in [0.29, 0.717) is 17.6 Å². The maximum Gasteiger partial charge on any atom is 0.352 e. The summed E-state index contributed by atoms with van der Waals surface area (Å²) in [6.45, 7) is 2.41. The van der Waals surface area contributed by atoms with E-state index in [-0.39, 0.29) is 5.56 Å². The van der Waals surface area contributed by atoms with Crippen LogP contribution < -0.4 is 11.2 Å². The molecule has 0 aliphatic carbocycles. The molecule has 0 bridgehead atoms. The fraction of sp³-hybridized carbons (Fsp3) is 0.167. The lowest BCUT2D eigenvalue weighted by atomic mass is 10.1. The van der Waals surface area contributed by atoms with E-state index < -0.39 is 5.69 Å². The Balaban J connectivity index is 1.75. The first-order chi connectivity index (χ1) is 17.6. The second-order valence-electron chi connectivity index (χ2n) is 9.15. The Hall–Kier alpha value is -4.45. The van der Waals surface area contributed by atoms with Crippen molar-refractivity contribution in [1.82, 2.24) is 18.7 Å². The van der Waals surface area contributed by atoms with Gasteiger partial charge in [0.15, 0.2) is 5.65 Å². The van der Waals surface area contributed by atoms with Gasteiger partial charge in [-0.25, -0.2) is 4.79 Å². The molecular formula is C30H26N4O2. The van der Waals surface area contributed by atoms with E-state index in [0.717, 1.165) is 51.6 Å². The number of fused-ring (bicyclic) bond motifs is 4. The minimum atomic E-state index is -0.499. The van der Waals surface area contributed by atoms with Gasteiger partial charge >= 0.3 is 5.69 Å². The number of nitrogens with zero attached hydrogens (tertiary/aromatic N) is 4. The lowest BCUT2D eigenvalue weighted by Crippen LogP contribution is -2.35. The van der Waals surface area contributed by atoms with Crippen molar-refractivity contribution in [2.45, 2.75) is 26.3 Å². The minimum absolute atomic E-state index is 0.279. The van der Waals surface area contributed by atoms with Gasteiger partial charge in [-0.3, -0.25) is 13.9 Å². The summed E-state index contributed by atoms with van der Waals surface area (Å²) in [4.78, 5) is 31.0. The topological polar surface area (TPSA) is 61.8 Å². The van der Waals surface area contributed by atoms with Gasteiger partial charge in [-0.15, -0.1) is 0 Å². The van der Waals surface area contributed by atoms with Gasteiger partial charge in [-0.1, -0.05) is 74.0 Å². The number of benzene rings is 2. The quantitative estimate of drug-likeness (QED) is 0.324. The summed E-state index contributed by atoms with van der Waals surface area (Å²) in [6.07, 6.45) is 1.64. The van der Waals surface area contributed by atoms with Crippen LogP contribution in [0, 0.1) is 0 Å². The molecule has 6 nitrogen and oxygen atoms in total. The predicted molar refractivity (Wildman–Crippen MR) is 146 cm³/mol. The van der Waals surface area contributed by atoms with Gasteiger partial charge in [-0.05, 0) is 36.2 Å². The minimum Gasteiger partial charge on any atom is -0.344 e. The Morgan fingerprint density at radius 2 is 1.56 bits per heavy atom. The molecule has 0 saturated carbocycles. The van der Waals surface area contributed by atoms with Crippen LogP contribution in [0.25, 0.3) is 49.8 Å². The molecule has 178 valence electrons. The summed E-state index contributed by atoms with van der Waals surface area (Å²) in [7, 11) is 2.05. The molecule has 3 aromatic carbocycles. The Kier molecular flexibility index (Phi) is 5.29. The van der Waals surface area contributed by atoms with Gasteiger partial charge in [0.25, 0.3) is 5.56 Å². The third kappa shape index (κ3) is 3.37. The summed E-state index contributed by atoms with van der Waals surface area (Å²) >= 11 is 0. The van der Waals surface area contributed by atoms with E-state index in [4.69, 9.17) is 0 Å². The molecule has 6 rings (SSSR count). The molecule has 0 spiro atoms. The average molecular weight is 475 g/mol. The number of hydrogen-bond acceptors (Lipinski definition) is 3. The molecule has 0 aliphatic heterocycles. The Bertz CT molecular complexity index is 1860. The summed E-state index contributed by atoms with van der Waals surface area (Å²) in [5.41, 5.74) is 4.58. The van der Waals surface area contributed by atoms with Crippen LogP contribution in [0.3, 0.4) is 0 Å². The largest absolute Gasteiger partial charge is 0.352 e. The molecule has 36 heavy (non-hydrogen) atoms. The van der Waals surface area contributed by atoms with E-state index in [9.17, 15) is 9.59 Å². The molecule has 3 heterocycles. The van der Waals surface area contributed by atoms with Gasteiger partial charge in [-0.2, -0.15) is 4.98 Å². The Morgan fingerprint density at radius 1 is 0.833 bits per heavy atom. The number of aromatic nitrogens is 4. The maximum absolute atomic E-state index is 13.7. The number of aryl methyl sites for hydroxylation is 1. The van der Waals surface area contributed by atoms with Crippen molar-refractivity contribution in [2.75, 3.05) is 0 Å². The summed E-state index contributed by atoms with van der Waals surface area (Å²) in [6, 6.07) is 28.4. The molecular weight excluding hydrogens is 448 g/mol. The summed E-state index contributed by atoms with van der Waals surface area (Å²) in [5.74, 6) is 0. The van der Waals surface area contributed by atoms with Crippen molar-refractivity contribution in [2.24, 2.45) is 7.05 Å². The Labute approximate surface area is 207 Å². The van der Waals surface area contributed by atoms with Crippen LogP contribution in [0.2, 0.25) is 0 Å². The van der Waals surface area contributed by atoms with E-state index in [2.05, 4.69) is 46.9 Å². The first-order valence-electron chi connectivity index (χ1n) is 12.3. The number of para-hydroxylation sites is 1. The molecule has 6 heteroatoms. The zero-order valence-electron chi connectivity index (χ0n) is 20.3. The first kappa shape index (κ1) is 22.0. The lowest BCUT2D eigenvalue weighted by Gasteiger charge is -2.07. The number of unbranched alkanes of at least 4 members (excludes halogenated alkanes) is 1. The molecule has 0 atom stereocenters. The molecule has 0 fully saturated rings. The smallest absolute Gasteiger partial charge is 0.344 e. The SMILES string of the molecule is CCCCn1c(=O)nc2c(c1=O)c1ccc3cc(-c4ccccc4)n(C)c3cc1n2-c1ccccc1. The molecule has 0 aliphatic rings. The van der Waals surface area contributed by atoms with Crippen molar-refractivity contribution in [3.63, 3.8) is 0 Å². The monoisotopic (exact) mass is 474 g/mol. The Morgan fingerprint density at radius 3 is 2.28 bits per heavy atom. The van der Waals surface area contributed by atoms with Crippen molar-refractivity contribution in [1.29, 1.82) is 0 Å². The van der Waals surface area contributed by atoms with Gasteiger partial charge in [0, 0.05) is 35.7 Å². The maximum atomic E-state index is 13.7.